The van der Waals surface area contributed by atoms with Gasteiger partial charge >= 0.3 is 0 Å². The Labute approximate surface area is 225 Å². The fourth-order valence-electron chi connectivity index (χ4n) is 3.58. The highest BCUT2D eigenvalue weighted by atomic mass is 35.5. The summed E-state index contributed by atoms with van der Waals surface area (Å²) in [6.07, 6.45) is 8.54. The largest absolute Gasteiger partial charge is 0.495 e. The SMILES string of the molecule is COc1cc(OC)c(Cl)c(NC(=O)c2csc3c(Nc4ccc(Cn5ccnc5)cn4)ncnc23)c1Cl. The molecule has 37 heavy (non-hydrogen) atoms. The molecule has 0 bridgehead atoms. The second-order valence-corrected chi connectivity index (χ2v) is 9.33. The average molecular weight is 556 g/mol. The number of pyridine rings is 1. The number of ether oxygens (including phenoxy) is 2. The van der Waals surface area contributed by atoms with Crippen molar-refractivity contribution in [2.45, 2.75) is 6.54 Å². The topological polar surface area (TPSA) is 116 Å². The van der Waals surface area contributed by atoms with E-state index in [1.807, 2.05) is 22.9 Å². The van der Waals surface area contributed by atoms with E-state index in [2.05, 4.69) is 30.6 Å². The molecule has 5 aromatic rings. The predicted molar refractivity (Wildman–Crippen MR) is 144 cm³/mol. The number of amides is 1. The molecule has 0 spiro atoms. The first-order chi connectivity index (χ1) is 18.0. The first-order valence-electron chi connectivity index (χ1n) is 10.8. The van der Waals surface area contributed by atoms with Crippen LogP contribution >= 0.6 is 34.5 Å². The monoisotopic (exact) mass is 555 g/mol. The second-order valence-electron chi connectivity index (χ2n) is 7.70. The lowest BCUT2D eigenvalue weighted by Gasteiger charge is -2.15. The second kappa shape index (κ2) is 10.6. The van der Waals surface area contributed by atoms with Gasteiger partial charge < -0.3 is 24.7 Å². The van der Waals surface area contributed by atoms with E-state index >= 15 is 0 Å². The molecule has 4 aromatic heterocycles. The number of halogens is 2. The minimum Gasteiger partial charge on any atom is -0.495 e. The maximum atomic E-state index is 13.2. The number of aromatic nitrogens is 5. The van der Waals surface area contributed by atoms with E-state index in [1.165, 1.54) is 31.9 Å². The zero-order chi connectivity index (χ0) is 25.9. The molecule has 5 rings (SSSR count). The number of imidazole rings is 1. The number of nitrogens with zero attached hydrogens (tertiary/aromatic N) is 5. The molecule has 0 aliphatic carbocycles. The number of carbonyl (C=O) groups excluding carboxylic acids is 1. The van der Waals surface area contributed by atoms with E-state index in [0.717, 1.165) is 5.56 Å². The summed E-state index contributed by atoms with van der Waals surface area (Å²) in [4.78, 5) is 30.4. The summed E-state index contributed by atoms with van der Waals surface area (Å²) in [7, 11) is 2.92. The molecule has 0 aliphatic rings. The lowest BCUT2D eigenvalue weighted by atomic mass is 10.2. The molecular weight excluding hydrogens is 537 g/mol. The Morgan fingerprint density at radius 1 is 1.11 bits per heavy atom. The van der Waals surface area contributed by atoms with E-state index in [4.69, 9.17) is 32.7 Å². The fourth-order valence-corrected chi connectivity index (χ4v) is 5.12. The van der Waals surface area contributed by atoms with Gasteiger partial charge in [-0.15, -0.1) is 11.3 Å². The fraction of sp³-hybridized carbons (Fsp3) is 0.125. The van der Waals surface area contributed by atoms with Crippen LogP contribution in [0.1, 0.15) is 15.9 Å². The van der Waals surface area contributed by atoms with Gasteiger partial charge in [0.1, 0.15) is 33.7 Å². The van der Waals surface area contributed by atoms with Crippen molar-refractivity contribution in [1.82, 2.24) is 24.5 Å². The van der Waals surface area contributed by atoms with E-state index in [1.54, 1.807) is 30.2 Å². The van der Waals surface area contributed by atoms with Crippen LogP contribution in [0.15, 0.2) is 54.8 Å². The summed E-state index contributed by atoms with van der Waals surface area (Å²) in [5.74, 6) is 1.31. The highest BCUT2D eigenvalue weighted by Crippen LogP contribution is 2.44. The Morgan fingerprint density at radius 3 is 2.54 bits per heavy atom. The van der Waals surface area contributed by atoms with Crippen LogP contribution in [-0.4, -0.2) is 44.6 Å². The van der Waals surface area contributed by atoms with Gasteiger partial charge in [-0.2, -0.15) is 0 Å². The van der Waals surface area contributed by atoms with Crippen molar-refractivity contribution in [3.05, 3.63) is 76.0 Å². The molecule has 0 saturated carbocycles. The molecule has 1 aromatic carbocycles. The molecule has 10 nitrogen and oxygen atoms in total. The van der Waals surface area contributed by atoms with Crippen LogP contribution in [-0.2, 0) is 6.54 Å². The molecule has 1 amide bonds. The van der Waals surface area contributed by atoms with E-state index in [9.17, 15) is 4.79 Å². The molecule has 188 valence electrons. The quantitative estimate of drug-likeness (QED) is 0.252. The Morgan fingerprint density at radius 2 is 1.89 bits per heavy atom. The average Bonchev–Trinajstić information content (AvgIpc) is 3.58. The predicted octanol–water partition coefficient (Wildman–Crippen LogP) is 5.65. The number of benzene rings is 1. The molecule has 4 heterocycles. The normalized spacial score (nSPS) is 10.9. The van der Waals surface area contributed by atoms with Gasteiger partial charge in [0.15, 0.2) is 5.82 Å². The van der Waals surface area contributed by atoms with Gasteiger partial charge in [-0.05, 0) is 11.6 Å². The van der Waals surface area contributed by atoms with Gasteiger partial charge in [0.25, 0.3) is 5.91 Å². The minimum absolute atomic E-state index is 0.153. The third kappa shape index (κ3) is 5.01. The van der Waals surface area contributed by atoms with Crippen LogP contribution in [0.4, 0.5) is 17.3 Å². The highest BCUT2D eigenvalue weighted by molar-refractivity contribution is 7.18. The molecule has 0 radical (unpaired) electrons. The molecule has 0 saturated heterocycles. The van der Waals surface area contributed by atoms with Gasteiger partial charge in [-0.25, -0.2) is 19.9 Å². The van der Waals surface area contributed by atoms with Gasteiger partial charge in [-0.3, -0.25) is 4.79 Å². The molecular formula is C24H19Cl2N7O3S. The molecule has 0 atom stereocenters. The van der Waals surface area contributed by atoms with Crippen LogP contribution in [0.3, 0.4) is 0 Å². The number of hydrogen-bond acceptors (Lipinski definition) is 9. The number of methoxy groups -OCH3 is 2. The maximum absolute atomic E-state index is 13.2. The number of rotatable bonds is 8. The maximum Gasteiger partial charge on any atom is 0.258 e. The van der Waals surface area contributed by atoms with E-state index < -0.39 is 5.91 Å². The van der Waals surface area contributed by atoms with Crippen molar-refractivity contribution in [2.24, 2.45) is 0 Å². The van der Waals surface area contributed by atoms with Gasteiger partial charge in [0.2, 0.25) is 0 Å². The summed E-state index contributed by atoms with van der Waals surface area (Å²) >= 11 is 14.1. The van der Waals surface area contributed by atoms with Crippen molar-refractivity contribution in [3.63, 3.8) is 0 Å². The summed E-state index contributed by atoms with van der Waals surface area (Å²) < 4.78 is 13.2. The number of hydrogen-bond donors (Lipinski definition) is 2. The number of nitrogens with one attached hydrogen (secondary N) is 2. The molecule has 2 N–H and O–H groups in total. The lowest BCUT2D eigenvalue weighted by Crippen LogP contribution is -2.13. The lowest BCUT2D eigenvalue weighted by molar-refractivity contribution is 0.102. The van der Waals surface area contributed by atoms with Crippen LogP contribution in [0.2, 0.25) is 10.0 Å². The zero-order valence-electron chi connectivity index (χ0n) is 19.5. The number of thiophene rings is 1. The standard InChI is InChI=1S/C24H19Cl2N7O3S/c1-35-15-7-16(36-2)19(26)21(18(15)25)32-24(34)14-10-37-22-20(14)29-11-30-23(22)31-17-4-3-13(8-28-17)9-33-6-5-27-12-33/h3-8,10-12H,9H2,1-2H3,(H,32,34)(H,28,29,30,31). The minimum atomic E-state index is -0.447. The van der Waals surface area contributed by atoms with Crippen molar-refractivity contribution < 1.29 is 14.3 Å². The number of fused-ring (bicyclic) bond motifs is 1. The van der Waals surface area contributed by atoms with Crippen molar-refractivity contribution >= 4 is 68.0 Å². The molecule has 0 aliphatic heterocycles. The van der Waals surface area contributed by atoms with Gasteiger partial charge in [-0.1, -0.05) is 29.3 Å². The number of carbonyl (C=O) groups is 1. The third-order valence-corrected chi connectivity index (χ3v) is 7.13. The van der Waals surface area contributed by atoms with Crippen LogP contribution in [0.5, 0.6) is 11.5 Å². The van der Waals surface area contributed by atoms with Crippen LogP contribution < -0.4 is 20.1 Å². The Hall–Kier alpha value is -3.93. The highest BCUT2D eigenvalue weighted by Gasteiger charge is 2.22. The third-order valence-electron chi connectivity index (χ3n) is 5.41. The van der Waals surface area contributed by atoms with E-state index in [-0.39, 0.29) is 15.7 Å². The molecule has 13 heteroatoms. The first-order valence-corrected chi connectivity index (χ1v) is 12.4. The zero-order valence-corrected chi connectivity index (χ0v) is 21.9. The van der Waals surface area contributed by atoms with E-state index in [0.29, 0.717) is 45.5 Å². The Balaban J connectivity index is 1.39. The summed E-state index contributed by atoms with van der Waals surface area (Å²) in [6, 6.07) is 5.38. The van der Waals surface area contributed by atoms with Gasteiger partial charge in [0, 0.05) is 36.6 Å². The van der Waals surface area contributed by atoms with Crippen molar-refractivity contribution in [3.8, 4) is 11.5 Å². The van der Waals surface area contributed by atoms with Crippen molar-refractivity contribution in [1.29, 1.82) is 0 Å². The van der Waals surface area contributed by atoms with Crippen LogP contribution in [0.25, 0.3) is 10.2 Å². The Bertz CT molecular complexity index is 1550. The Kier molecular flexibility index (Phi) is 7.08. The molecule has 0 unspecified atom stereocenters. The molecule has 0 fully saturated rings. The summed E-state index contributed by atoms with van der Waals surface area (Å²) in [5, 5.41) is 7.97. The van der Waals surface area contributed by atoms with Crippen LogP contribution in [0, 0.1) is 0 Å². The van der Waals surface area contributed by atoms with Gasteiger partial charge in [0.05, 0.1) is 42.0 Å². The smallest absolute Gasteiger partial charge is 0.258 e. The number of anilines is 3. The first kappa shape index (κ1) is 24.8. The van der Waals surface area contributed by atoms with Crippen molar-refractivity contribution in [2.75, 3.05) is 24.9 Å². The summed E-state index contributed by atoms with van der Waals surface area (Å²) in [5.41, 5.74) is 2.01. The summed E-state index contributed by atoms with van der Waals surface area (Å²) in [6.45, 7) is 0.668.